The van der Waals surface area contributed by atoms with Crippen LogP contribution in [0.1, 0.15) is 24.0 Å². The summed E-state index contributed by atoms with van der Waals surface area (Å²) in [5.74, 6) is -3.02. The van der Waals surface area contributed by atoms with Gasteiger partial charge < -0.3 is 5.32 Å². The van der Waals surface area contributed by atoms with E-state index in [0.717, 1.165) is 16.4 Å². The Hall–Kier alpha value is -2.55. The van der Waals surface area contributed by atoms with Crippen LogP contribution < -0.4 is 9.62 Å². The molecule has 0 aliphatic carbocycles. The third kappa shape index (κ3) is 2.95. The van der Waals surface area contributed by atoms with E-state index in [4.69, 9.17) is 0 Å². The van der Waals surface area contributed by atoms with E-state index in [1.165, 1.54) is 6.07 Å². The van der Waals surface area contributed by atoms with Gasteiger partial charge in [0.1, 0.15) is 22.3 Å². The van der Waals surface area contributed by atoms with Crippen LogP contribution in [0.5, 0.6) is 0 Å². The zero-order chi connectivity index (χ0) is 19.3. The van der Waals surface area contributed by atoms with Gasteiger partial charge in [-0.2, -0.15) is 0 Å². The number of anilines is 2. The highest BCUT2D eigenvalue weighted by Crippen LogP contribution is 2.36. The lowest BCUT2D eigenvalue weighted by Gasteiger charge is -2.31. The number of amides is 1. The molecule has 0 atom stereocenters. The second-order valence-corrected chi connectivity index (χ2v) is 8.38. The van der Waals surface area contributed by atoms with Gasteiger partial charge in [0.2, 0.25) is 5.91 Å². The van der Waals surface area contributed by atoms with Gasteiger partial charge in [0.05, 0.1) is 5.69 Å². The molecule has 4 rings (SSSR count). The van der Waals surface area contributed by atoms with Gasteiger partial charge in [-0.1, -0.05) is 0 Å². The van der Waals surface area contributed by atoms with Crippen molar-refractivity contribution < 1.29 is 26.4 Å². The number of nitrogens with zero attached hydrogens (tertiary/aromatic N) is 1. The van der Waals surface area contributed by atoms with Crippen LogP contribution >= 0.6 is 0 Å². The molecular formula is C18H15F3N2O3S. The number of rotatable bonds is 2. The normalized spacial score (nSPS) is 16.6. The Morgan fingerprint density at radius 1 is 0.963 bits per heavy atom. The minimum absolute atomic E-state index is 0.00845. The zero-order valence-corrected chi connectivity index (χ0v) is 14.9. The Balaban J connectivity index is 1.83. The van der Waals surface area contributed by atoms with E-state index in [2.05, 4.69) is 5.32 Å². The lowest BCUT2D eigenvalue weighted by Crippen LogP contribution is -2.36. The van der Waals surface area contributed by atoms with E-state index in [-0.39, 0.29) is 48.7 Å². The van der Waals surface area contributed by atoms with E-state index in [0.29, 0.717) is 18.1 Å². The van der Waals surface area contributed by atoms with Crippen LogP contribution in [0.2, 0.25) is 0 Å². The van der Waals surface area contributed by atoms with Gasteiger partial charge >= 0.3 is 0 Å². The minimum Gasteiger partial charge on any atom is -0.326 e. The van der Waals surface area contributed by atoms with Crippen molar-refractivity contribution in [3.05, 3.63) is 52.8 Å². The average molecular weight is 396 g/mol. The van der Waals surface area contributed by atoms with Gasteiger partial charge in [-0.15, -0.1) is 0 Å². The summed E-state index contributed by atoms with van der Waals surface area (Å²) in [6.07, 6.45) is 1.05. The molecule has 1 N–H and O–H groups in total. The molecule has 9 heteroatoms. The second kappa shape index (κ2) is 6.26. The van der Waals surface area contributed by atoms with E-state index >= 15 is 0 Å². The first-order valence-corrected chi connectivity index (χ1v) is 9.84. The highest BCUT2D eigenvalue weighted by Gasteiger charge is 2.34. The Labute approximate surface area is 153 Å². The topological polar surface area (TPSA) is 66.5 Å². The summed E-state index contributed by atoms with van der Waals surface area (Å²) in [7, 11) is -4.37. The third-order valence-corrected chi connectivity index (χ3v) is 6.64. The molecule has 0 radical (unpaired) electrons. The lowest BCUT2D eigenvalue weighted by atomic mass is 10.0. The molecule has 5 nitrogen and oxygen atoms in total. The standard InChI is InChI=1S/C18H15F3N2O3S/c19-11-7-13(20)12-2-1-5-23(16(12)8-11)27(25,26)17-6-10-3-4-18(24)22-15(10)9-14(17)21/h6-9H,1-5H2,(H,22,24). The monoisotopic (exact) mass is 396 g/mol. The molecule has 0 saturated carbocycles. The molecule has 2 aromatic carbocycles. The molecule has 0 aromatic heterocycles. The number of aryl methyl sites for hydroxylation is 1. The fraction of sp³-hybridized carbons (Fsp3) is 0.278. The largest absolute Gasteiger partial charge is 0.326 e. The van der Waals surface area contributed by atoms with Gasteiger partial charge in [-0.05, 0) is 43.0 Å². The maximum Gasteiger partial charge on any atom is 0.267 e. The van der Waals surface area contributed by atoms with E-state index in [1.54, 1.807) is 0 Å². The Morgan fingerprint density at radius 3 is 2.52 bits per heavy atom. The fourth-order valence-corrected chi connectivity index (χ4v) is 5.15. The van der Waals surface area contributed by atoms with Crippen LogP contribution in [0.25, 0.3) is 0 Å². The summed E-state index contributed by atoms with van der Waals surface area (Å²) >= 11 is 0. The van der Waals surface area contributed by atoms with Gasteiger partial charge in [0, 0.05) is 30.3 Å². The third-order valence-electron chi connectivity index (χ3n) is 4.81. The Morgan fingerprint density at radius 2 is 1.74 bits per heavy atom. The summed E-state index contributed by atoms with van der Waals surface area (Å²) < 4.78 is 69.4. The van der Waals surface area contributed by atoms with Crippen molar-refractivity contribution in [1.29, 1.82) is 0 Å². The summed E-state index contributed by atoms with van der Waals surface area (Å²) in [5.41, 5.74) is 0.720. The van der Waals surface area contributed by atoms with Crippen molar-refractivity contribution in [1.82, 2.24) is 0 Å². The number of carbonyl (C=O) groups is 1. The van der Waals surface area contributed by atoms with E-state index in [9.17, 15) is 26.4 Å². The van der Waals surface area contributed by atoms with E-state index in [1.807, 2.05) is 0 Å². The Kier molecular flexibility index (Phi) is 4.14. The molecule has 2 aromatic rings. The van der Waals surface area contributed by atoms with Gasteiger partial charge in [-0.3, -0.25) is 9.10 Å². The molecule has 2 heterocycles. The summed E-state index contributed by atoms with van der Waals surface area (Å²) in [4.78, 5) is 10.9. The molecule has 2 aliphatic heterocycles. The molecule has 0 spiro atoms. The maximum atomic E-state index is 14.6. The molecule has 0 unspecified atom stereocenters. The van der Waals surface area contributed by atoms with Crippen molar-refractivity contribution >= 4 is 27.3 Å². The Bertz CT molecular complexity index is 1070. The fourth-order valence-electron chi connectivity index (χ4n) is 3.53. The van der Waals surface area contributed by atoms with Crippen molar-refractivity contribution in [3.8, 4) is 0 Å². The summed E-state index contributed by atoms with van der Waals surface area (Å²) in [6, 6.07) is 3.81. The summed E-state index contributed by atoms with van der Waals surface area (Å²) in [6.45, 7) is -0.00845. The molecule has 2 aliphatic rings. The van der Waals surface area contributed by atoms with Crippen LogP contribution in [0.4, 0.5) is 24.5 Å². The molecule has 0 fully saturated rings. The molecule has 1 amide bonds. The highest BCUT2D eigenvalue weighted by molar-refractivity contribution is 7.92. The minimum atomic E-state index is -4.37. The van der Waals surface area contributed by atoms with Crippen LogP contribution in [-0.2, 0) is 27.7 Å². The molecule has 0 saturated heterocycles. The van der Waals surface area contributed by atoms with Crippen molar-refractivity contribution in [2.24, 2.45) is 0 Å². The van der Waals surface area contributed by atoms with Gasteiger partial charge in [0.15, 0.2) is 0 Å². The molecule has 27 heavy (non-hydrogen) atoms. The number of hydrogen-bond acceptors (Lipinski definition) is 3. The number of fused-ring (bicyclic) bond motifs is 2. The predicted octanol–water partition coefficient (Wildman–Crippen LogP) is 3.13. The zero-order valence-electron chi connectivity index (χ0n) is 14.1. The van der Waals surface area contributed by atoms with E-state index < -0.39 is 32.4 Å². The molecule has 0 bridgehead atoms. The van der Waals surface area contributed by atoms with Crippen LogP contribution in [0.3, 0.4) is 0 Å². The number of nitrogens with one attached hydrogen (secondary N) is 1. The van der Waals surface area contributed by atoms with Gasteiger partial charge in [0.25, 0.3) is 10.0 Å². The van der Waals surface area contributed by atoms with Crippen molar-refractivity contribution in [2.75, 3.05) is 16.2 Å². The lowest BCUT2D eigenvalue weighted by molar-refractivity contribution is -0.116. The molecular weight excluding hydrogens is 381 g/mol. The first-order valence-electron chi connectivity index (χ1n) is 8.40. The second-order valence-electron chi connectivity index (χ2n) is 6.55. The highest BCUT2D eigenvalue weighted by atomic mass is 32.2. The number of benzene rings is 2. The first-order chi connectivity index (χ1) is 12.8. The number of sulfonamides is 1. The smallest absolute Gasteiger partial charge is 0.267 e. The quantitative estimate of drug-likeness (QED) is 0.848. The predicted molar refractivity (Wildman–Crippen MR) is 92.6 cm³/mol. The van der Waals surface area contributed by atoms with Crippen molar-refractivity contribution in [3.63, 3.8) is 0 Å². The molecule has 142 valence electrons. The van der Waals surface area contributed by atoms with Crippen LogP contribution in [0, 0.1) is 17.5 Å². The average Bonchev–Trinajstić information content (AvgIpc) is 2.60. The number of hydrogen-bond donors (Lipinski definition) is 1. The SMILES string of the molecule is O=C1CCc2cc(S(=O)(=O)N3CCCc4c(F)cc(F)cc43)c(F)cc2N1. The van der Waals surface area contributed by atoms with Gasteiger partial charge in [-0.25, -0.2) is 21.6 Å². The van der Waals surface area contributed by atoms with Crippen molar-refractivity contribution in [2.45, 2.75) is 30.6 Å². The van der Waals surface area contributed by atoms with Crippen LogP contribution in [-0.4, -0.2) is 20.9 Å². The maximum absolute atomic E-state index is 14.6. The number of halogens is 3. The first kappa shape index (κ1) is 17.8. The number of carbonyl (C=O) groups excluding carboxylic acids is 1. The summed E-state index contributed by atoms with van der Waals surface area (Å²) in [5, 5.41) is 2.50. The van der Waals surface area contributed by atoms with Crippen LogP contribution in [0.15, 0.2) is 29.2 Å².